The van der Waals surface area contributed by atoms with Crippen LogP contribution < -0.4 is 21.3 Å². The highest BCUT2D eigenvalue weighted by atomic mass is 79.9. The Kier molecular flexibility index (Phi) is 5.55. The Labute approximate surface area is 159 Å². The van der Waals surface area contributed by atoms with Crippen molar-refractivity contribution < 1.29 is 9.53 Å². The maximum Gasteiger partial charge on any atom is 0.333 e. The van der Waals surface area contributed by atoms with Crippen LogP contribution in [0.15, 0.2) is 59.2 Å². The molecule has 7 nitrogen and oxygen atoms in total. The smallest absolute Gasteiger partial charge is 0.333 e. The van der Waals surface area contributed by atoms with Crippen molar-refractivity contribution in [3.63, 3.8) is 0 Å². The molecule has 0 aliphatic heterocycles. The average molecular weight is 416 g/mol. The van der Waals surface area contributed by atoms with Crippen molar-refractivity contribution in [2.75, 3.05) is 5.32 Å². The first-order valence-electron chi connectivity index (χ1n) is 7.87. The summed E-state index contributed by atoms with van der Waals surface area (Å²) in [6, 6.07) is 14.8. The number of aryl methyl sites for hydroxylation is 1. The average Bonchev–Trinajstić information content (AvgIpc) is 3.10. The number of nitrogens with zero attached hydrogens (tertiary/aromatic N) is 2. The SMILES string of the molecule is Cc1ccc(-n2ccc(OCc3c(Br)cccc3NC(=O)NN)n2)cc1. The first kappa shape index (κ1) is 18.0. The number of carbonyl (C=O) groups is 1. The molecule has 2 amide bonds. The van der Waals surface area contributed by atoms with Gasteiger partial charge in [0.25, 0.3) is 0 Å². The number of rotatable bonds is 5. The maximum atomic E-state index is 11.5. The molecule has 8 heteroatoms. The zero-order valence-corrected chi connectivity index (χ0v) is 15.7. The second kappa shape index (κ2) is 8.03. The molecule has 0 saturated carbocycles. The highest BCUT2D eigenvalue weighted by Gasteiger charge is 2.11. The Morgan fingerprint density at radius 3 is 2.73 bits per heavy atom. The second-order valence-corrected chi connectivity index (χ2v) is 6.44. The molecule has 1 aromatic heterocycles. The number of amides is 2. The summed E-state index contributed by atoms with van der Waals surface area (Å²) in [5, 5.41) is 7.08. The van der Waals surface area contributed by atoms with Crippen LogP contribution in [0.5, 0.6) is 5.88 Å². The lowest BCUT2D eigenvalue weighted by Gasteiger charge is -2.12. The third-order valence-corrected chi connectivity index (χ3v) is 4.47. The lowest BCUT2D eigenvalue weighted by atomic mass is 10.2. The highest BCUT2D eigenvalue weighted by Crippen LogP contribution is 2.26. The molecule has 0 atom stereocenters. The molecule has 2 aromatic carbocycles. The number of benzene rings is 2. The van der Waals surface area contributed by atoms with Crippen molar-refractivity contribution in [3.8, 4) is 11.6 Å². The summed E-state index contributed by atoms with van der Waals surface area (Å²) in [5.74, 6) is 5.60. The standard InChI is InChI=1S/C18H18BrN5O2/c1-12-5-7-13(8-6-12)24-10-9-17(23-24)26-11-14-15(19)3-2-4-16(14)21-18(25)22-20/h2-10H,11,20H2,1H3,(H2,21,22,25). The number of carbonyl (C=O) groups excluding carboxylic acids is 1. The molecule has 0 bridgehead atoms. The summed E-state index contributed by atoms with van der Waals surface area (Å²) in [6.45, 7) is 2.27. The summed E-state index contributed by atoms with van der Waals surface area (Å²) >= 11 is 3.47. The van der Waals surface area contributed by atoms with E-state index < -0.39 is 6.03 Å². The molecule has 0 saturated heterocycles. The lowest BCUT2D eigenvalue weighted by Crippen LogP contribution is -2.34. The topological polar surface area (TPSA) is 94.2 Å². The molecule has 0 radical (unpaired) electrons. The molecular weight excluding hydrogens is 398 g/mol. The zero-order chi connectivity index (χ0) is 18.5. The van der Waals surface area contributed by atoms with Crippen LogP contribution in [0, 0.1) is 6.92 Å². The van der Waals surface area contributed by atoms with Crippen LogP contribution in [0.3, 0.4) is 0 Å². The van der Waals surface area contributed by atoms with E-state index in [4.69, 9.17) is 10.6 Å². The molecule has 0 aliphatic rings. The monoisotopic (exact) mass is 415 g/mol. The lowest BCUT2D eigenvalue weighted by molar-refractivity contribution is 0.252. The van der Waals surface area contributed by atoms with E-state index in [0.29, 0.717) is 11.6 Å². The number of hydrazine groups is 1. The molecule has 134 valence electrons. The van der Waals surface area contributed by atoms with Gasteiger partial charge >= 0.3 is 6.03 Å². The number of aromatic nitrogens is 2. The number of hydrogen-bond acceptors (Lipinski definition) is 4. The normalized spacial score (nSPS) is 10.4. The number of urea groups is 1. The van der Waals surface area contributed by atoms with Gasteiger partial charge < -0.3 is 10.1 Å². The first-order chi connectivity index (χ1) is 12.6. The predicted octanol–water partition coefficient (Wildman–Crippen LogP) is 3.52. The molecule has 1 heterocycles. The van der Waals surface area contributed by atoms with Crippen LogP contribution >= 0.6 is 15.9 Å². The van der Waals surface area contributed by atoms with Crippen molar-refractivity contribution in [1.82, 2.24) is 15.2 Å². The molecule has 0 fully saturated rings. The fraction of sp³-hybridized carbons (Fsp3) is 0.111. The van der Waals surface area contributed by atoms with Crippen LogP contribution in [0.2, 0.25) is 0 Å². The van der Waals surface area contributed by atoms with Gasteiger partial charge in [-0.1, -0.05) is 39.7 Å². The van der Waals surface area contributed by atoms with Gasteiger partial charge in [0.1, 0.15) is 6.61 Å². The van der Waals surface area contributed by atoms with Gasteiger partial charge in [-0.15, -0.1) is 5.10 Å². The van der Waals surface area contributed by atoms with E-state index in [0.717, 1.165) is 15.7 Å². The van der Waals surface area contributed by atoms with Crippen LogP contribution in [0.1, 0.15) is 11.1 Å². The van der Waals surface area contributed by atoms with Gasteiger partial charge in [-0.05, 0) is 31.2 Å². The van der Waals surface area contributed by atoms with E-state index >= 15 is 0 Å². The number of nitrogens with two attached hydrogens (primary N) is 1. The van der Waals surface area contributed by atoms with E-state index in [1.807, 2.05) is 54.9 Å². The van der Waals surface area contributed by atoms with Gasteiger partial charge in [0, 0.05) is 22.3 Å². The van der Waals surface area contributed by atoms with Crippen molar-refractivity contribution >= 4 is 27.6 Å². The van der Waals surface area contributed by atoms with Gasteiger partial charge in [0.2, 0.25) is 5.88 Å². The fourth-order valence-electron chi connectivity index (χ4n) is 2.35. The van der Waals surface area contributed by atoms with Gasteiger partial charge in [-0.25, -0.2) is 15.3 Å². The molecule has 0 unspecified atom stereocenters. The number of halogens is 1. The summed E-state index contributed by atoms with van der Waals surface area (Å²) in [6.07, 6.45) is 1.83. The Morgan fingerprint density at radius 2 is 2.00 bits per heavy atom. The van der Waals surface area contributed by atoms with Crippen molar-refractivity contribution in [3.05, 3.63) is 70.3 Å². The van der Waals surface area contributed by atoms with Crippen molar-refractivity contribution in [2.24, 2.45) is 5.84 Å². The number of nitrogens with one attached hydrogen (secondary N) is 2. The molecule has 4 N–H and O–H groups in total. The largest absolute Gasteiger partial charge is 0.472 e. The Balaban J connectivity index is 1.73. The number of hydrogen-bond donors (Lipinski definition) is 3. The van der Waals surface area contributed by atoms with E-state index in [-0.39, 0.29) is 6.61 Å². The van der Waals surface area contributed by atoms with Gasteiger partial charge in [-0.2, -0.15) is 0 Å². The van der Waals surface area contributed by atoms with E-state index in [1.165, 1.54) is 5.56 Å². The number of anilines is 1. The minimum atomic E-state index is -0.506. The van der Waals surface area contributed by atoms with Gasteiger partial charge in [0.05, 0.1) is 11.4 Å². The molecule has 26 heavy (non-hydrogen) atoms. The maximum absolute atomic E-state index is 11.5. The summed E-state index contributed by atoms with van der Waals surface area (Å²) in [4.78, 5) is 11.5. The Morgan fingerprint density at radius 1 is 1.23 bits per heavy atom. The van der Waals surface area contributed by atoms with Crippen LogP contribution in [-0.2, 0) is 6.61 Å². The third-order valence-electron chi connectivity index (χ3n) is 3.73. The molecule has 0 aliphatic carbocycles. The minimum absolute atomic E-state index is 0.229. The Bertz CT molecular complexity index is 908. The van der Waals surface area contributed by atoms with Crippen molar-refractivity contribution in [1.29, 1.82) is 0 Å². The molecule has 3 rings (SSSR count). The summed E-state index contributed by atoms with van der Waals surface area (Å²) < 4.78 is 8.35. The van der Waals surface area contributed by atoms with Gasteiger partial charge in [0.15, 0.2) is 0 Å². The van der Waals surface area contributed by atoms with Crippen LogP contribution in [0.4, 0.5) is 10.5 Å². The number of ether oxygens (including phenoxy) is 1. The summed E-state index contributed by atoms with van der Waals surface area (Å²) in [5.41, 5.74) is 5.55. The third kappa shape index (κ3) is 4.22. The summed E-state index contributed by atoms with van der Waals surface area (Å²) in [7, 11) is 0. The van der Waals surface area contributed by atoms with Gasteiger partial charge in [-0.3, -0.25) is 5.43 Å². The minimum Gasteiger partial charge on any atom is -0.472 e. The molecular formula is C18H18BrN5O2. The van der Waals surface area contributed by atoms with Crippen LogP contribution in [-0.4, -0.2) is 15.8 Å². The highest BCUT2D eigenvalue weighted by molar-refractivity contribution is 9.10. The van der Waals surface area contributed by atoms with Crippen molar-refractivity contribution in [2.45, 2.75) is 13.5 Å². The quantitative estimate of drug-likeness (QED) is 0.337. The fourth-order valence-corrected chi connectivity index (χ4v) is 2.83. The predicted molar refractivity (Wildman–Crippen MR) is 103 cm³/mol. The van der Waals surface area contributed by atoms with E-state index in [2.05, 4.69) is 26.3 Å². The first-order valence-corrected chi connectivity index (χ1v) is 8.66. The van der Waals surface area contributed by atoms with Crippen LogP contribution in [0.25, 0.3) is 5.69 Å². The second-order valence-electron chi connectivity index (χ2n) is 5.59. The Hall–Kier alpha value is -2.84. The zero-order valence-electron chi connectivity index (χ0n) is 14.1. The van der Waals surface area contributed by atoms with E-state index in [9.17, 15) is 4.79 Å². The van der Waals surface area contributed by atoms with E-state index in [1.54, 1.807) is 16.8 Å². The molecule has 0 spiro atoms. The molecule has 3 aromatic rings.